The van der Waals surface area contributed by atoms with Crippen molar-refractivity contribution in [3.63, 3.8) is 0 Å². The third kappa shape index (κ3) is 5.43. The summed E-state index contributed by atoms with van der Waals surface area (Å²) in [5.41, 5.74) is 3.26. The molecule has 33 heavy (non-hydrogen) atoms. The highest BCUT2D eigenvalue weighted by Crippen LogP contribution is 2.35. The summed E-state index contributed by atoms with van der Waals surface area (Å²) in [6.07, 6.45) is -2.18. The minimum Gasteiger partial charge on any atom is -0.475 e. The molecule has 1 aromatic carbocycles. The van der Waals surface area contributed by atoms with Crippen LogP contribution in [0.2, 0.25) is 0 Å². The normalized spacial score (nSPS) is 20.4. The molecule has 11 heteroatoms. The van der Waals surface area contributed by atoms with Gasteiger partial charge in [-0.05, 0) is 58.6 Å². The van der Waals surface area contributed by atoms with Crippen LogP contribution in [0.5, 0.6) is 0 Å². The fraction of sp³-hybridized carbons (Fsp3) is 0.364. The van der Waals surface area contributed by atoms with E-state index < -0.39 is 12.1 Å². The third-order valence-corrected chi connectivity index (χ3v) is 6.39. The summed E-state index contributed by atoms with van der Waals surface area (Å²) in [4.78, 5) is 15.9. The Labute approximate surface area is 191 Å². The van der Waals surface area contributed by atoms with Crippen LogP contribution in [0.4, 0.5) is 17.6 Å². The van der Waals surface area contributed by atoms with E-state index in [0.717, 1.165) is 49.7 Å². The lowest BCUT2D eigenvalue weighted by molar-refractivity contribution is -0.192. The van der Waals surface area contributed by atoms with Crippen molar-refractivity contribution in [3.8, 4) is 11.3 Å². The molecule has 4 heterocycles. The quantitative estimate of drug-likeness (QED) is 0.554. The second-order valence-corrected chi connectivity index (χ2v) is 8.80. The van der Waals surface area contributed by atoms with Crippen molar-refractivity contribution in [1.29, 1.82) is 0 Å². The van der Waals surface area contributed by atoms with Gasteiger partial charge in [0.2, 0.25) is 0 Å². The predicted octanol–water partition coefficient (Wildman–Crippen LogP) is 4.56. The standard InChI is InChI=1S/C20H20FN3OS.C2HF3O2/c21-17-3-1-16(2-4-17)18-9-22-19-11-25-20(14-24(18)19)6-7-23(13-20)10-15-5-8-26-12-15;3-2(4,5)1(6)7/h1-5,8-9,12H,6-7,10-11,13-14H2;(H,6,7). The monoisotopic (exact) mass is 483 g/mol. The highest BCUT2D eigenvalue weighted by Gasteiger charge is 2.43. The number of imidazole rings is 1. The van der Waals surface area contributed by atoms with Crippen LogP contribution >= 0.6 is 11.3 Å². The number of aliphatic carboxylic acids is 1. The first-order valence-corrected chi connectivity index (χ1v) is 11.1. The Bertz CT molecular complexity index is 1100. The smallest absolute Gasteiger partial charge is 0.475 e. The molecule has 6 nitrogen and oxygen atoms in total. The van der Waals surface area contributed by atoms with E-state index in [1.54, 1.807) is 11.3 Å². The van der Waals surface area contributed by atoms with Crippen molar-refractivity contribution in [2.24, 2.45) is 0 Å². The highest BCUT2D eigenvalue weighted by molar-refractivity contribution is 7.07. The van der Waals surface area contributed by atoms with Gasteiger partial charge in [0, 0.05) is 19.6 Å². The Hall–Kier alpha value is -2.76. The molecule has 176 valence electrons. The largest absolute Gasteiger partial charge is 0.490 e. The number of ether oxygens (including phenoxy) is 1. The molecule has 2 aliphatic heterocycles. The van der Waals surface area contributed by atoms with Crippen LogP contribution in [0.25, 0.3) is 11.3 Å². The number of likely N-dealkylation sites (tertiary alicyclic amines) is 1. The van der Waals surface area contributed by atoms with Crippen molar-refractivity contribution >= 4 is 17.3 Å². The van der Waals surface area contributed by atoms with Crippen LogP contribution in [-0.4, -0.2) is 50.4 Å². The number of alkyl halides is 3. The van der Waals surface area contributed by atoms with Crippen LogP contribution in [0.15, 0.2) is 47.3 Å². The van der Waals surface area contributed by atoms with Crippen LogP contribution in [0.3, 0.4) is 0 Å². The Morgan fingerprint density at radius 1 is 1.21 bits per heavy atom. The van der Waals surface area contributed by atoms with Gasteiger partial charge in [0.15, 0.2) is 0 Å². The number of hydrogen-bond donors (Lipinski definition) is 1. The second-order valence-electron chi connectivity index (χ2n) is 8.02. The molecule has 0 amide bonds. The van der Waals surface area contributed by atoms with Crippen LogP contribution in [0.1, 0.15) is 17.8 Å². The molecule has 0 bridgehead atoms. The number of thiophene rings is 1. The molecule has 2 aromatic heterocycles. The molecular formula is C22H21F4N3O3S. The van der Waals surface area contributed by atoms with Gasteiger partial charge in [-0.1, -0.05) is 0 Å². The van der Waals surface area contributed by atoms with E-state index >= 15 is 0 Å². The molecule has 1 spiro atoms. The first-order valence-electron chi connectivity index (χ1n) is 10.1. The maximum absolute atomic E-state index is 13.3. The number of rotatable bonds is 3. The minimum absolute atomic E-state index is 0.154. The molecule has 1 fully saturated rings. The molecule has 0 radical (unpaired) electrons. The number of nitrogens with zero attached hydrogens (tertiary/aromatic N) is 3. The molecule has 1 N–H and O–H groups in total. The number of fused-ring (bicyclic) bond motifs is 1. The molecule has 0 aliphatic carbocycles. The topological polar surface area (TPSA) is 67.6 Å². The molecule has 5 rings (SSSR count). The molecule has 2 aliphatic rings. The number of carbonyl (C=O) groups is 1. The Kier molecular flexibility index (Phi) is 6.55. The molecule has 1 unspecified atom stereocenters. The van der Waals surface area contributed by atoms with Crippen molar-refractivity contribution < 1.29 is 32.2 Å². The summed E-state index contributed by atoms with van der Waals surface area (Å²) in [5, 5.41) is 11.5. The van der Waals surface area contributed by atoms with E-state index in [4.69, 9.17) is 14.6 Å². The number of halogens is 4. The zero-order valence-electron chi connectivity index (χ0n) is 17.4. The van der Waals surface area contributed by atoms with Gasteiger partial charge in [-0.25, -0.2) is 14.2 Å². The van der Waals surface area contributed by atoms with E-state index in [2.05, 4.69) is 31.3 Å². The average Bonchev–Trinajstić information content (AvgIpc) is 3.50. The van der Waals surface area contributed by atoms with Gasteiger partial charge in [-0.2, -0.15) is 24.5 Å². The van der Waals surface area contributed by atoms with Gasteiger partial charge in [-0.3, -0.25) is 4.90 Å². The summed E-state index contributed by atoms with van der Waals surface area (Å²) >= 11 is 1.75. The van der Waals surface area contributed by atoms with Gasteiger partial charge >= 0.3 is 12.1 Å². The number of carboxylic acid groups (broad SMARTS) is 1. The SMILES string of the molecule is Fc1ccc(-c2cnc3n2CC2(CCN(Cc4ccsc4)C2)OC3)cc1.O=C(O)C(F)(F)F. The van der Waals surface area contributed by atoms with Crippen molar-refractivity contribution in [2.45, 2.75) is 37.9 Å². The van der Waals surface area contributed by atoms with Crippen molar-refractivity contribution in [3.05, 3.63) is 64.5 Å². The summed E-state index contributed by atoms with van der Waals surface area (Å²) in [6.45, 7) is 4.30. The average molecular weight is 483 g/mol. The Morgan fingerprint density at radius 2 is 1.94 bits per heavy atom. The number of hydrogen-bond acceptors (Lipinski definition) is 5. The lowest BCUT2D eigenvalue weighted by atomic mass is 10.0. The minimum atomic E-state index is -5.08. The molecule has 3 aromatic rings. The molecular weight excluding hydrogens is 462 g/mol. The van der Waals surface area contributed by atoms with E-state index in [-0.39, 0.29) is 11.4 Å². The van der Waals surface area contributed by atoms with E-state index in [1.165, 1.54) is 17.7 Å². The van der Waals surface area contributed by atoms with Gasteiger partial charge in [0.25, 0.3) is 0 Å². The fourth-order valence-corrected chi connectivity index (χ4v) is 4.72. The van der Waals surface area contributed by atoms with E-state index in [0.29, 0.717) is 6.61 Å². The number of carboxylic acids is 1. The van der Waals surface area contributed by atoms with Gasteiger partial charge in [0.1, 0.15) is 23.8 Å². The van der Waals surface area contributed by atoms with E-state index in [9.17, 15) is 17.6 Å². The predicted molar refractivity (Wildman–Crippen MR) is 113 cm³/mol. The highest BCUT2D eigenvalue weighted by atomic mass is 32.1. The molecule has 1 saturated heterocycles. The summed E-state index contributed by atoms with van der Waals surface area (Å²) in [7, 11) is 0. The first-order chi connectivity index (χ1) is 15.7. The van der Waals surface area contributed by atoms with Gasteiger partial charge in [-0.15, -0.1) is 0 Å². The van der Waals surface area contributed by atoms with Crippen molar-refractivity contribution in [2.75, 3.05) is 13.1 Å². The van der Waals surface area contributed by atoms with Crippen LogP contribution < -0.4 is 0 Å². The summed E-state index contributed by atoms with van der Waals surface area (Å²) in [6, 6.07) is 8.83. The zero-order valence-corrected chi connectivity index (χ0v) is 18.2. The maximum atomic E-state index is 13.3. The third-order valence-electron chi connectivity index (χ3n) is 5.66. The molecule has 1 atom stereocenters. The van der Waals surface area contributed by atoms with Crippen LogP contribution in [-0.2, 0) is 29.2 Å². The summed E-state index contributed by atoms with van der Waals surface area (Å²) in [5.74, 6) is -2.02. The Balaban J connectivity index is 0.000000325. The first kappa shape index (κ1) is 23.4. The lowest BCUT2D eigenvalue weighted by Crippen LogP contribution is -2.44. The Morgan fingerprint density at radius 3 is 2.58 bits per heavy atom. The van der Waals surface area contributed by atoms with Crippen molar-refractivity contribution in [1.82, 2.24) is 14.5 Å². The zero-order chi connectivity index (χ0) is 23.6. The van der Waals surface area contributed by atoms with Crippen LogP contribution in [0, 0.1) is 5.82 Å². The number of aromatic nitrogens is 2. The fourth-order valence-electron chi connectivity index (χ4n) is 4.06. The molecule has 0 saturated carbocycles. The maximum Gasteiger partial charge on any atom is 0.490 e. The van der Waals surface area contributed by atoms with Gasteiger partial charge < -0.3 is 14.4 Å². The second kappa shape index (κ2) is 9.24. The lowest BCUT2D eigenvalue weighted by Gasteiger charge is -2.35. The summed E-state index contributed by atoms with van der Waals surface area (Å²) < 4.78 is 53.5. The van der Waals surface area contributed by atoms with E-state index in [1.807, 2.05) is 18.3 Å². The number of benzene rings is 1. The van der Waals surface area contributed by atoms with Gasteiger partial charge in [0.05, 0.1) is 18.4 Å².